The molecule has 0 bridgehead atoms. The topological polar surface area (TPSA) is 120 Å². The van der Waals surface area contributed by atoms with Crippen LogP contribution in [0.1, 0.15) is 6.23 Å². The highest BCUT2D eigenvalue weighted by molar-refractivity contribution is 5.23. The van der Waals surface area contributed by atoms with Crippen LogP contribution in [0.2, 0.25) is 0 Å². The number of nitrogens with zero attached hydrogens (tertiary/aromatic N) is 2. The van der Waals surface area contributed by atoms with Gasteiger partial charge in [0, 0.05) is 13.3 Å². The Morgan fingerprint density at radius 1 is 1.56 bits per heavy atom. The van der Waals surface area contributed by atoms with Gasteiger partial charge in [0.2, 0.25) is 0 Å². The third-order valence-electron chi connectivity index (χ3n) is 2.79. The highest BCUT2D eigenvalue weighted by Crippen LogP contribution is 2.28. The first-order chi connectivity index (χ1) is 8.54. The summed E-state index contributed by atoms with van der Waals surface area (Å²) < 4.78 is 11.3. The lowest BCUT2D eigenvalue weighted by Gasteiger charge is -2.16. The van der Waals surface area contributed by atoms with E-state index in [1.54, 1.807) is 0 Å². The van der Waals surface area contributed by atoms with Gasteiger partial charge in [-0.2, -0.15) is 4.98 Å². The first-order valence-electron chi connectivity index (χ1n) is 5.39. The fraction of sp³-hybridized carbons (Fsp3) is 0.600. The van der Waals surface area contributed by atoms with Gasteiger partial charge in [-0.25, -0.2) is 4.79 Å². The van der Waals surface area contributed by atoms with Crippen LogP contribution in [-0.2, 0) is 9.47 Å². The number of aliphatic hydroxyl groups excluding tert-OH is 2. The van der Waals surface area contributed by atoms with Crippen LogP contribution in [-0.4, -0.2) is 51.8 Å². The Balaban J connectivity index is 2.26. The van der Waals surface area contributed by atoms with Gasteiger partial charge in [-0.1, -0.05) is 0 Å². The molecule has 0 radical (unpaired) electrons. The molecule has 2 rings (SSSR count). The molecule has 1 aliphatic rings. The number of ether oxygens (including phenoxy) is 2. The number of methoxy groups -OCH3 is 1. The molecule has 1 aromatic heterocycles. The molecule has 8 heteroatoms. The van der Waals surface area contributed by atoms with Crippen molar-refractivity contribution < 1.29 is 19.7 Å². The minimum Gasteiger partial charge on any atom is -0.387 e. The summed E-state index contributed by atoms with van der Waals surface area (Å²) in [5, 5.41) is 19.6. The van der Waals surface area contributed by atoms with Crippen molar-refractivity contribution in [3.63, 3.8) is 0 Å². The van der Waals surface area contributed by atoms with Gasteiger partial charge in [-0.3, -0.25) is 4.57 Å². The number of aliphatic hydroxyl groups is 2. The maximum atomic E-state index is 11.6. The predicted octanol–water partition coefficient (Wildman–Crippen LogP) is -1.91. The zero-order valence-electron chi connectivity index (χ0n) is 9.76. The molecule has 8 nitrogen and oxygen atoms in total. The standard InChI is InChI=1S/C10H15N3O5/c1-17-4-5-7(14)8(15)9(18-5)13-3-2-6(11)12-10(13)16/h2-3,5,7-9,14-15H,4H2,1H3,(H2,11,12,16)/t5?,7-,8-,9-/m1/s1. The zero-order valence-corrected chi connectivity index (χ0v) is 9.76. The Morgan fingerprint density at radius 3 is 2.89 bits per heavy atom. The number of nitrogen functional groups attached to an aromatic ring is 1. The molecule has 1 aliphatic heterocycles. The molecule has 1 fully saturated rings. The number of anilines is 1. The van der Waals surface area contributed by atoms with E-state index in [2.05, 4.69) is 4.98 Å². The van der Waals surface area contributed by atoms with E-state index in [-0.39, 0.29) is 12.4 Å². The Morgan fingerprint density at radius 2 is 2.28 bits per heavy atom. The van der Waals surface area contributed by atoms with Crippen LogP contribution in [0.15, 0.2) is 17.1 Å². The molecule has 0 aliphatic carbocycles. The summed E-state index contributed by atoms with van der Waals surface area (Å²) in [6, 6.07) is 1.41. The largest absolute Gasteiger partial charge is 0.387 e. The number of rotatable bonds is 3. The molecule has 4 N–H and O–H groups in total. The van der Waals surface area contributed by atoms with Crippen LogP contribution < -0.4 is 11.4 Å². The summed E-state index contributed by atoms with van der Waals surface area (Å²) in [5.41, 5.74) is 4.72. The van der Waals surface area contributed by atoms with Crippen molar-refractivity contribution in [2.45, 2.75) is 24.5 Å². The molecule has 100 valence electrons. The second kappa shape index (κ2) is 5.02. The Bertz CT molecular complexity index is 477. The number of hydrogen-bond acceptors (Lipinski definition) is 7. The first kappa shape index (κ1) is 13.0. The van der Waals surface area contributed by atoms with E-state index in [1.807, 2.05) is 0 Å². The highest BCUT2D eigenvalue weighted by Gasteiger charge is 2.44. The van der Waals surface area contributed by atoms with E-state index >= 15 is 0 Å². The second-order valence-electron chi connectivity index (χ2n) is 4.04. The highest BCUT2D eigenvalue weighted by atomic mass is 16.6. The smallest absolute Gasteiger partial charge is 0.351 e. The second-order valence-corrected chi connectivity index (χ2v) is 4.04. The molecule has 0 amide bonds. The van der Waals surface area contributed by atoms with Crippen LogP contribution in [0, 0.1) is 0 Å². The average Bonchev–Trinajstić information content (AvgIpc) is 2.58. The normalized spacial score (nSPS) is 31.7. The third-order valence-corrected chi connectivity index (χ3v) is 2.79. The molecule has 18 heavy (non-hydrogen) atoms. The quantitative estimate of drug-likeness (QED) is 0.578. The maximum absolute atomic E-state index is 11.6. The molecule has 2 heterocycles. The van der Waals surface area contributed by atoms with Crippen LogP contribution in [0.4, 0.5) is 5.82 Å². The van der Waals surface area contributed by atoms with E-state index in [0.29, 0.717) is 0 Å². The lowest BCUT2D eigenvalue weighted by molar-refractivity contribution is -0.0613. The van der Waals surface area contributed by atoms with Crippen molar-refractivity contribution in [1.82, 2.24) is 9.55 Å². The van der Waals surface area contributed by atoms with Gasteiger partial charge in [0.15, 0.2) is 6.23 Å². The summed E-state index contributed by atoms with van der Waals surface area (Å²) in [6.07, 6.45) is -2.69. The minimum absolute atomic E-state index is 0.0812. The van der Waals surface area contributed by atoms with E-state index in [0.717, 1.165) is 4.57 Å². The van der Waals surface area contributed by atoms with E-state index in [4.69, 9.17) is 15.2 Å². The van der Waals surface area contributed by atoms with Gasteiger partial charge in [-0.15, -0.1) is 0 Å². The van der Waals surface area contributed by atoms with Gasteiger partial charge in [-0.05, 0) is 6.07 Å². The molecule has 1 saturated heterocycles. The van der Waals surface area contributed by atoms with E-state index in [9.17, 15) is 15.0 Å². The number of nitrogens with two attached hydrogens (primary N) is 1. The zero-order chi connectivity index (χ0) is 13.3. The summed E-state index contributed by atoms with van der Waals surface area (Å²) in [7, 11) is 1.45. The van der Waals surface area contributed by atoms with Crippen LogP contribution in [0.25, 0.3) is 0 Å². The van der Waals surface area contributed by atoms with Gasteiger partial charge >= 0.3 is 5.69 Å². The van der Waals surface area contributed by atoms with E-state index in [1.165, 1.54) is 19.4 Å². The van der Waals surface area contributed by atoms with Crippen LogP contribution in [0.5, 0.6) is 0 Å². The molecule has 0 spiro atoms. The monoisotopic (exact) mass is 257 g/mol. The summed E-state index contributed by atoms with van der Waals surface area (Å²) in [4.78, 5) is 15.1. The lowest BCUT2D eigenvalue weighted by atomic mass is 10.1. The van der Waals surface area contributed by atoms with Crippen LogP contribution in [0.3, 0.4) is 0 Å². The Kier molecular flexibility index (Phi) is 3.62. The van der Waals surface area contributed by atoms with Crippen molar-refractivity contribution in [3.05, 3.63) is 22.7 Å². The number of aromatic nitrogens is 2. The minimum atomic E-state index is -1.23. The van der Waals surface area contributed by atoms with Gasteiger partial charge in [0.05, 0.1) is 6.61 Å². The molecular weight excluding hydrogens is 242 g/mol. The van der Waals surface area contributed by atoms with Crippen molar-refractivity contribution in [1.29, 1.82) is 0 Å². The lowest BCUT2D eigenvalue weighted by Crippen LogP contribution is -2.36. The molecule has 1 unspecified atom stereocenters. The van der Waals surface area contributed by atoms with Crippen LogP contribution >= 0.6 is 0 Å². The molecule has 1 aromatic rings. The average molecular weight is 257 g/mol. The molecule has 4 atom stereocenters. The molecule has 0 aromatic carbocycles. The number of hydrogen-bond donors (Lipinski definition) is 3. The van der Waals surface area contributed by atoms with Gasteiger partial charge in [0.25, 0.3) is 0 Å². The summed E-state index contributed by atoms with van der Waals surface area (Å²) in [5.74, 6) is 0.0812. The summed E-state index contributed by atoms with van der Waals surface area (Å²) in [6.45, 7) is 0.117. The Labute approximate surface area is 103 Å². The van der Waals surface area contributed by atoms with Gasteiger partial charge < -0.3 is 25.4 Å². The SMILES string of the molecule is COCC1O[C@@H](n2ccc(N)nc2=O)[C@H](O)[C@@H]1O. The predicted molar refractivity (Wildman–Crippen MR) is 60.7 cm³/mol. The fourth-order valence-corrected chi connectivity index (χ4v) is 1.88. The molecular formula is C10H15N3O5. The fourth-order valence-electron chi connectivity index (χ4n) is 1.88. The van der Waals surface area contributed by atoms with Crippen molar-refractivity contribution in [3.8, 4) is 0 Å². The van der Waals surface area contributed by atoms with Crippen molar-refractivity contribution >= 4 is 5.82 Å². The van der Waals surface area contributed by atoms with Crippen molar-refractivity contribution in [2.24, 2.45) is 0 Å². The molecule has 0 saturated carbocycles. The van der Waals surface area contributed by atoms with Gasteiger partial charge in [0.1, 0.15) is 24.1 Å². The first-order valence-corrected chi connectivity index (χ1v) is 5.39. The Hall–Kier alpha value is -1.48. The third kappa shape index (κ3) is 2.23. The van der Waals surface area contributed by atoms with E-state index < -0.39 is 30.2 Å². The summed E-state index contributed by atoms with van der Waals surface area (Å²) >= 11 is 0. The van der Waals surface area contributed by atoms with Crippen molar-refractivity contribution in [2.75, 3.05) is 19.5 Å². The maximum Gasteiger partial charge on any atom is 0.351 e.